The van der Waals surface area contributed by atoms with E-state index in [-0.39, 0.29) is 0 Å². The Labute approximate surface area is 188 Å². The first kappa shape index (κ1) is 19.6. The van der Waals surface area contributed by atoms with Crippen LogP contribution < -0.4 is 5.46 Å². The van der Waals surface area contributed by atoms with Gasteiger partial charge in [0.25, 0.3) is 0 Å². The van der Waals surface area contributed by atoms with E-state index < -0.39 is 18.3 Å². The number of hydrogen-bond donors (Lipinski definition) is 0. The number of benzene rings is 4. The van der Waals surface area contributed by atoms with Crippen LogP contribution in [-0.2, 0) is 9.31 Å². The highest BCUT2D eigenvalue weighted by molar-refractivity contribution is 6.66. The van der Waals surface area contributed by atoms with Crippen molar-refractivity contribution in [1.29, 1.82) is 0 Å². The third-order valence-corrected chi connectivity index (χ3v) is 7.11. The van der Waals surface area contributed by atoms with Gasteiger partial charge in [0.1, 0.15) is 11.2 Å². The minimum Gasteiger partial charge on any atom is -0.455 e. The van der Waals surface area contributed by atoms with Crippen molar-refractivity contribution in [2.75, 3.05) is 0 Å². The fourth-order valence-electron chi connectivity index (χ4n) is 4.60. The minimum atomic E-state index is -0.459. The third kappa shape index (κ3) is 2.83. The van der Waals surface area contributed by atoms with Crippen molar-refractivity contribution in [3.05, 3.63) is 78.9 Å². The standard InChI is InChI=1S/C28H25BO3/c1-27(2)28(3,4)32-29(31-27)23-15-14-21(18-10-6-5-7-11-18)26-25(23)22-16-19-12-8-9-13-20(19)17-24(22)30-26/h5-17H,1-4H3. The van der Waals surface area contributed by atoms with E-state index in [0.717, 1.165) is 43.9 Å². The van der Waals surface area contributed by atoms with Gasteiger partial charge in [0.15, 0.2) is 0 Å². The highest BCUT2D eigenvalue weighted by atomic mass is 16.7. The summed E-state index contributed by atoms with van der Waals surface area (Å²) in [5.41, 5.74) is 4.13. The lowest BCUT2D eigenvalue weighted by molar-refractivity contribution is 0.00578. The largest absolute Gasteiger partial charge is 0.495 e. The summed E-state index contributed by atoms with van der Waals surface area (Å²) in [5, 5.41) is 4.50. The zero-order chi connectivity index (χ0) is 22.1. The van der Waals surface area contributed by atoms with E-state index in [1.807, 2.05) is 6.07 Å². The molecular weight excluding hydrogens is 395 g/mol. The summed E-state index contributed by atoms with van der Waals surface area (Å²) in [5.74, 6) is 0. The average molecular weight is 420 g/mol. The van der Waals surface area contributed by atoms with Gasteiger partial charge >= 0.3 is 7.12 Å². The third-order valence-electron chi connectivity index (χ3n) is 7.11. The molecule has 4 heteroatoms. The molecule has 2 heterocycles. The van der Waals surface area contributed by atoms with Crippen LogP contribution in [0.15, 0.2) is 83.3 Å². The second-order valence-electron chi connectivity index (χ2n) is 9.66. The van der Waals surface area contributed by atoms with Crippen molar-refractivity contribution in [2.45, 2.75) is 38.9 Å². The summed E-state index contributed by atoms with van der Waals surface area (Å²) < 4.78 is 19.4. The van der Waals surface area contributed by atoms with Gasteiger partial charge in [0, 0.05) is 16.3 Å². The second-order valence-corrected chi connectivity index (χ2v) is 9.66. The van der Waals surface area contributed by atoms with E-state index in [9.17, 15) is 0 Å². The monoisotopic (exact) mass is 420 g/mol. The van der Waals surface area contributed by atoms with Crippen LogP contribution in [0.4, 0.5) is 0 Å². The Balaban J connectivity index is 1.68. The minimum absolute atomic E-state index is 0.408. The predicted octanol–water partition coefficient (Wildman–Crippen LogP) is 6.71. The molecule has 1 saturated heterocycles. The van der Waals surface area contributed by atoms with Gasteiger partial charge in [0.05, 0.1) is 11.2 Å². The topological polar surface area (TPSA) is 31.6 Å². The Hall–Kier alpha value is -3.08. The molecule has 158 valence electrons. The maximum absolute atomic E-state index is 6.54. The molecule has 32 heavy (non-hydrogen) atoms. The molecule has 0 aliphatic carbocycles. The maximum Gasteiger partial charge on any atom is 0.495 e. The molecule has 3 nitrogen and oxygen atoms in total. The molecule has 0 spiro atoms. The lowest BCUT2D eigenvalue weighted by Crippen LogP contribution is -2.41. The van der Waals surface area contributed by atoms with E-state index in [0.29, 0.717) is 0 Å². The molecule has 1 aliphatic heterocycles. The van der Waals surface area contributed by atoms with Crippen molar-refractivity contribution in [1.82, 2.24) is 0 Å². The Bertz CT molecular complexity index is 1460. The molecule has 0 N–H and O–H groups in total. The zero-order valence-electron chi connectivity index (χ0n) is 18.8. The highest BCUT2D eigenvalue weighted by Crippen LogP contribution is 2.40. The predicted molar refractivity (Wildman–Crippen MR) is 132 cm³/mol. The van der Waals surface area contributed by atoms with Crippen LogP contribution in [0.25, 0.3) is 43.8 Å². The molecule has 0 saturated carbocycles. The molecule has 0 radical (unpaired) electrons. The molecule has 4 aromatic carbocycles. The number of furan rings is 1. The van der Waals surface area contributed by atoms with E-state index in [1.54, 1.807) is 0 Å². The van der Waals surface area contributed by atoms with Crippen LogP contribution in [0, 0.1) is 0 Å². The first-order chi connectivity index (χ1) is 15.3. The lowest BCUT2D eigenvalue weighted by Gasteiger charge is -2.32. The summed E-state index contributed by atoms with van der Waals surface area (Å²) in [6, 6.07) is 27.4. The quantitative estimate of drug-likeness (QED) is 0.298. The average Bonchev–Trinajstić information content (AvgIpc) is 3.25. The van der Waals surface area contributed by atoms with Crippen LogP contribution in [0.3, 0.4) is 0 Å². The van der Waals surface area contributed by atoms with Gasteiger partial charge in [-0.1, -0.05) is 66.7 Å². The van der Waals surface area contributed by atoms with Crippen molar-refractivity contribution >= 4 is 45.3 Å². The van der Waals surface area contributed by atoms with Crippen LogP contribution in [0.5, 0.6) is 0 Å². The van der Waals surface area contributed by atoms with Crippen molar-refractivity contribution < 1.29 is 13.7 Å². The fourth-order valence-corrected chi connectivity index (χ4v) is 4.60. The van der Waals surface area contributed by atoms with Crippen molar-refractivity contribution in [3.8, 4) is 11.1 Å². The van der Waals surface area contributed by atoms with Gasteiger partial charge in [0.2, 0.25) is 0 Å². The van der Waals surface area contributed by atoms with E-state index >= 15 is 0 Å². The Morgan fingerprint density at radius 2 is 1.31 bits per heavy atom. The van der Waals surface area contributed by atoms with Crippen LogP contribution >= 0.6 is 0 Å². The number of hydrogen-bond acceptors (Lipinski definition) is 3. The first-order valence-electron chi connectivity index (χ1n) is 11.1. The Morgan fingerprint density at radius 3 is 2.00 bits per heavy atom. The van der Waals surface area contributed by atoms with Gasteiger partial charge in [-0.15, -0.1) is 0 Å². The van der Waals surface area contributed by atoms with Crippen LogP contribution in [0.2, 0.25) is 0 Å². The maximum atomic E-state index is 6.54. The van der Waals surface area contributed by atoms with Crippen LogP contribution in [-0.4, -0.2) is 18.3 Å². The Kier molecular flexibility index (Phi) is 4.11. The van der Waals surface area contributed by atoms with Crippen LogP contribution in [0.1, 0.15) is 27.7 Å². The summed E-state index contributed by atoms with van der Waals surface area (Å²) in [7, 11) is -0.459. The summed E-state index contributed by atoms with van der Waals surface area (Å²) in [6.07, 6.45) is 0. The van der Waals surface area contributed by atoms with Crippen molar-refractivity contribution in [3.63, 3.8) is 0 Å². The van der Waals surface area contributed by atoms with Gasteiger partial charge < -0.3 is 13.7 Å². The molecule has 5 aromatic rings. The number of rotatable bonds is 2. The Morgan fingerprint density at radius 1 is 0.688 bits per heavy atom. The molecular formula is C28H25BO3. The smallest absolute Gasteiger partial charge is 0.455 e. The van der Waals surface area contributed by atoms with E-state index in [4.69, 9.17) is 13.7 Å². The highest BCUT2D eigenvalue weighted by Gasteiger charge is 2.52. The molecule has 6 rings (SSSR count). The van der Waals surface area contributed by atoms with Gasteiger partial charge in [-0.25, -0.2) is 0 Å². The van der Waals surface area contributed by atoms with E-state index in [2.05, 4.69) is 100 Å². The lowest BCUT2D eigenvalue weighted by atomic mass is 9.75. The van der Waals surface area contributed by atoms with Crippen molar-refractivity contribution in [2.24, 2.45) is 0 Å². The first-order valence-corrected chi connectivity index (χ1v) is 11.1. The molecule has 1 fully saturated rings. The molecule has 0 bridgehead atoms. The summed E-state index contributed by atoms with van der Waals surface area (Å²) >= 11 is 0. The summed E-state index contributed by atoms with van der Waals surface area (Å²) in [4.78, 5) is 0. The van der Waals surface area contributed by atoms with Gasteiger partial charge in [-0.3, -0.25) is 0 Å². The SMILES string of the molecule is CC1(C)OB(c2ccc(-c3ccccc3)c3oc4cc5ccccc5cc4c23)OC1(C)C. The summed E-state index contributed by atoms with van der Waals surface area (Å²) in [6.45, 7) is 8.35. The molecule has 0 atom stereocenters. The van der Waals surface area contributed by atoms with Gasteiger partial charge in [-0.2, -0.15) is 0 Å². The molecule has 1 aliphatic rings. The number of fused-ring (bicyclic) bond motifs is 4. The second kappa shape index (κ2) is 6.71. The zero-order valence-corrected chi connectivity index (χ0v) is 18.8. The normalized spacial score (nSPS) is 17.6. The van der Waals surface area contributed by atoms with Gasteiger partial charge in [-0.05, 0) is 61.6 Å². The molecule has 1 aromatic heterocycles. The molecule has 0 amide bonds. The fraction of sp³-hybridized carbons (Fsp3) is 0.214. The van der Waals surface area contributed by atoms with E-state index in [1.165, 1.54) is 5.39 Å². The molecule has 0 unspecified atom stereocenters.